The molecule has 1 aromatic carbocycles. The molecular formula is C19H22N2O2. The highest BCUT2D eigenvalue weighted by Gasteiger charge is 2.17. The molecular weight excluding hydrogens is 288 g/mol. The number of rotatable bonds is 5. The molecule has 1 aromatic heterocycles. The summed E-state index contributed by atoms with van der Waals surface area (Å²) < 4.78 is 7.58. The van der Waals surface area contributed by atoms with Crippen LogP contribution in [0.5, 0.6) is 5.75 Å². The molecule has 120 valence electrons. The van der Waals surface area contributed by atoms with Gasteiger partial charge in [0.2, 0.25) is 0 Å². The van der Waals surface area contributed by atoms with E-state index < -0.39 is 0 Å². The predicted molar refractivity (Wildman–Crippen MR) is 91.6 cm³/mol. The Balaban J connectivity index is 2.72. The number of hydrogen-bond acceptors (Lipinski definition) is 3. The first-order valence-corrected chi connectivity index (χ1v) is 7.91. The van der Waals surface area contributed by atoms with Gasteiger partial charge in [0.05, 0.1) is 11.8 Å². The van der Waals surface area contributed by atoms with E-state index in [1.165, 1.54) is 0 Å². The smallest absolute Gasteiger partial charge is 0.269 e. The van der Waals surface area contributed by atoms with Crippen LogP contribution in [-0.4, -0.2) is 10.7 Å². The minimum atomic E-state index is -0.251. The number of para-hydroxylation sites is 1. The third-order valence-corrected chi connectivity index (χ3v) is 3.79. The van der Waals surface area contributed by atoms with Crippen LogP contribution in [0.2, 0.25) is 0 Å². The van der Waals surface area contributed by atoms with Crippen LogP contribution in [0, 0.1) is 11.3 Å². The molecule has 0 bridgehead atoms. The molecule has 0 radical (unpaired) electrons. The molecule has 0 aliphatic carbocycles. The van der Waals surface area contributed by atoms with Gasteiger partial charge < -0.3 is 9.30 Å². The van der Waals surface area contributed by atoms with E-state index in [0.29, 0.717) is 0 Å². The summed E-state index contributed by atoms with van der Waals surface area (Å²) in [6.07, 6.45) is 0.841. The summed E-state index contributed by atoms with van der Waals surface area (Å²) in [5.41, 5.74) is 1.55. The van der Waals surface area contributed by atoms with Crippen LogP contribution in [0.1, 0.15) is 45.7 Å². The first-order valence-electron chi connectivity index (χ1n) is 7.91. The van der Waals surface area contributed by atoms with Gasteiger partial charge in [-0.15, -0.1) is 0 Å². The van der Waals surface area contributed by atoms with Crippen LogP contribution in [0.15, 0.2) is 41.2 Å². The molecule has 4 heteroatoms. The number of aromatic nitrogens is 1. The number of benzene rings is 1. The monoisotopic (exact) mass is 310 g/mol. The normalized spacial score (nSPS) is 12.0. The maximum Gasteiger partial charge on any atom is 0.269 e. The maximum atomic E-state index is 12.6. The molecule has 0 aliphatic heterocycles. The summed E-state index contributed by atoms with van der Waals surface area (Å²) in [7, 11) is 0. The minimum Gasteiger partial charge on any atom is -0.490 e. The van der Waals surface area contributed by atoms with Crippen molar-refractivity contribution in [2.45, 2.75) is 46.3 Å². The van der Waals surface area contributed by atoms with E-state index >= 15 is 0 Å². The number of nitriles is 1. The summed E-state index contributed by atoms with van der Waals surface area (Å²) in [5.74, 6) is 0.740. The highest BCUT2D eigenvalue weighted by Crippen LogP contribution is 2.31. The Kier molecular flexibility index (Phi) is 5.23. The minimum absolute atomic E-state index is 0.00194. The Morgan fingerprint density at radius 1 is 1.17 bits per heavy atom. The zero-order valence-electron chi connectivity index (χ0n) is 14.0. The summed E-state index contributed by atoms with van der Waals surface area (Å²) in [6, 6.07) is 13.1. The molecule has 0 spiro atoms. The lowest BCUT2D eigenvalue weighted by atomic mass is 10.1. The molecule has 0 aliphatic rings. The van der Waals surface area contributed by atoms with E-state index in [1.807, 2.05) is 64.1 Å². The van der Waals surface area contributed by atoms with Gasteiger partial charge in [-0.05, 0) is 51.5 Å². The average molecular weight is 310 g/mol. The van der Waals surface area contributed by atoms with E-state index in [0.717, 1.165) is 23.4 Å². The van der Waals surface area contributed by atoms with E-state index in [2.05, 4.69) is 0 Å². The second-order valence-corrected chi connectivity index (χ2v) is 5.84. The fraction of sp³-hybridized carbons (Fsp3) is 0.368. The van der Waals surface area contributed by atoms with Crippen LogP contribution >= 0.6 is 0 Å². The standard InChI is InChI=1S/C19H22N2O2/c1-5-14(4)21-17(11-10-15(12-20)19(21)22)16-8-6-7-9-18(16)23-13(2)3/h6-11,13-14H,5H2,1-4H3. The molecule has 2 aromatic rings. The molecule has 0 saturated carbocycles. The largest absolute Gasteiger partial charge is 0.490 e. The number of hydrogen-bond donors (Lipinski definition) is 0. The molecule has 23 heavy (non-hydrogen) atoms. The fourth-order valence-electron chi connectivity index (χ4n) is 2.51. The van der Waals surface area contributed by atoms with Crippen molar-refractivity contribution in [1.82, 2.24) is 4.57 Å². The van der Waals surface area contributed by atoms with Gasteiger partial charge in [-0.1, -0.05) is 19.1 Å². The van der Waals surface area contributed by atoms with E-state index in [1.54, 1.807) is 10.6 Å². The average Bonchev–Trinajstić information content (AvgIpc) is 2.54. The van der Waals surface area contributed by atoms with Crippen LogP contribution in [0.4, 0.5) is 0 Å². The zero-order chi connectivity index (χ0) is 17.0. The fourth-order valence-corrected chi connectivity index (χ4v) is 2.51. The SMILES string of the molecule is CCC(C)n1c(-c2ccccc2OC(C)C)ccc(C#N)c1=O. The lowest BCUT2D eigenvalue weighted by molar-refractivity contribution is 0.243. The van der Waals surface area contributed by atoms with Crippen molar-refractivity contribution in [2.24, 2.45) is 0 Å². The molecule has 2 rings (SSSR count). The van der Waals surface area contributed by atoms with Crippen LogP contribution in [0.25, 0.3) is 11.3 Å². The van der Waals surface area contributed by atoms with Gasteiger partial charge in [0.15, 0.2) is 0 Å². The van der Waals surface area contributed by atoms with E-state index in [9.17, 15) is 4.79 Å². The first kappa shape index (κ1) is 16.8. The van der Waals surface area contributed by atoms with Crippen molar-refractivity contribution < 1.29 is 4.74 Å². The lowest BCUT2D eigenvalue weighted by Crippen LogP contribution is -2.26. The van der Waals surface area contributed by atoms with Crippen LogP contribution in [-0.2, 0) is 0 Å². The highest BCUT2D eigenvalue weighted by atomic mass is 16.5. The molecule has 0 fully saturated rings. The quantitative estimate of drug-likeness (QED) is 0.833. The van der Waals surface area contributed by atoms with Gasteiger partial charge in [0, 0.05) is 11.6 Å². The molecule has 0 saturated heterocycles. The first-order chi connectivity index (χ1) is 11.0. The van der Waals surface area contributed by atoms with Gasteiger partial charge >= 0.3 is 0 Å². The summed E-state index contributed by atoms with van der Waals surface area (Å²) in [5, 5.41) is 9.14. The third-order valence-electron chi connectivity index (χ3n) is 3.79. The molecule has 1 unspecified atom stereocenters. The Labute approximate surface area is 137 Å². The van der Waals surface area contributed by atoms with Gasteiger partial charge in [-0.25, -0.2) is 0 Å². The molecule has 4 nitrogen and oxygen atoms in total. The molecule has 1 atom stereocenters. The van der Waals surface area contributed by atoms with Crippen molar-refractivity contribution in [3.63, 3.8) is 0 Å². The lowest BCUT2D eigenvalue weighted by Gasteiger charge is -2.21. The zero-order valence-corrected chi connectivity index (χ0v) is 14.0. The number of pyridine rings is 1. The van der Waals surface area contributed by atoms with Crippen molar-refractivity contribution in [3.8, 4) is 23.1 Å². The Hall–Kier alpha value is -2.54. The second-order valence-electron chi connectivity index (χ2n) is 5.84. The highest BCUT2D eigenvalue weighted by molar-refractivity contribution is 5.68. The molecule has 0 N–H and O–H groups in total. The summed E-state index contributed by atoms with van der Waals surface area (Å²) in [4.78, 5) is 12.6. The number of ether oxygens (including phenoxy) is 1. The Bertz CT molecular complexity index is 785. The van der Waals surface area contributed by atoms with E-state index in [4.69, 9.17) is 10.00 Å². The van der Waals surface area contributed by atoms with Gasteiger partial charge in [0.1, 0.15) is 17.4 Å². The van der Waals surface area contributed by atoms with Gasteiger partial charge in [-0.2, -0.15) is 5.26 Å². The number of nitrogens with zero attached hydrogens (tertiary/aromatic N) is 2. The topological polar surface area (TPSA) is 55.0 Å². The van der Waals surface area contributed by atoms with Crippen LogP contribution < -0.4 is 10.3 Å². The van der Waals surface area contributed by atoms with Gasteiger partial charge in [0.25, 0.3) is 5.56 Å². The summed E-state index contributed by atoms with van der Waals surface area (Å²) >= 11 is 0. The van der Waals surface area contributed by atoms with Crippen LogP contribution in [0.3, 0.4) is 0 Å². The Morgan fingerprint density at radius 2 is 1.87 bits per heavy atom. The molecule has 1 heterocycles. The van der Waals surface area contributed by atoms with Crippen molar-refractivity contribution in [3.05, 3.63) is 52.3 Å². The molecule has 0 amide bonds. The second kappa shape index (κ2) is 7.15. The van der Waals surface area contributed by atoms with E-state index in [-0.39, 0.29) is 23.3 Å². The van der Waals surface area contributed by atoms with Crippen molar-refractivity contribution in [1.29, 1.82) is 5.26 Å². The van der Waals surface area contributed by atoms with Crippen molar-refractivity contribution >= 4 is 0 Å². The maximum absolute atomic E-state index is 12.6. The van der Waals surface area contributed by atoms with Crippen molar-refractivity contribution in [2.75, 3.05) is 0 Å². The predicted octanol–water partition coefficient (Wildman–Crippen LogP) is 4.15. The summed E-state index contributed by atoms with van der Waals surface area (Å²) in [6.45, 7) is 7.95. The van der Waals surface area contributed by atoms with Gasteiger partial charge in [-0.3, -0.25) is 4.79 Å². The third kappa shape index (κ3) is 3.45. The Morgan fingerprint density at radius 3 is 2.48 bits per heavy atom.